The van der Waals surface area contributed by atoms with Crippen LogP contribution >= 0.6 is 0 Å². The molecule has 0 aliphatic rings. The molecule has 5 rings (SSSR count). The number of hydrogen-bond acceptors (Lipinski definition) is 9. The average Bonchev–Trinajstić information content (AvgIpc) is 3.57. The molecule has 3 aromatic heterocycles. The van der Waals surface area contributed by atoms with Gasteiger partial charge in [-0.05, 0) is 30.3 Å². The van der Waals surface area contributed by atoms with Gasteiger partial charge in [-0.3, -0.25) is 4.72 Å². The molecule has 0 saturated carbocycles. The van der Waals surface area contributed by atoms with Crippen molar-refractivity contribution in [3.8, 4) is 23.5 Å². The fourth-order valence-electron chi connectivity index (χ4n) is 3.61. The molecular formula is C26H20N4O6S. The third-order valence-electron chi connectivity index (χ3n) is 5.32. The normalized spacial score (nSPS) is 11.1. The number of nitrogens with one attached hydrogen (secondary N) is 1. The van der Waals surface area contributed by atoms with Crippen LogP contribution in [-0.4, -0.2) is 37.8 Å². The minimum Gasteiger partial charge on any atom is -0.495 e. The molecule has 0 radical (unpaired) electrons. The number of ether oxygens (including phenoxy) is 2. The molecule has 0 amide bonds. The lowest BCUT2D eigenvalue weighted by Crippen LogP contribution is -2.15. The molecule has 11 heteroatoms. The van der Waals surface area contributed by atoms with Crippen LogP contribution in [0.15, 0.2) is 81.1 Å². The Balaban J connectivity index is 1.49. The number of anilines is 1. The lowest BCUT2D eigenvalue weighted by Gasteiger charge is -2.11. The van der Waals surface area contributed by atoms with Crippen molar-refractivity contribution in [3.63, 3.8) is 0 Å². The van der Waals surface area contributed by atoms with Gasteiger partial charge in [-0.25, -0.2) is 18.4 Å². The predicted molar refractivity (Wildman–Crippen MR) is 134 cm³/mol. The summed E-state index contributed by atoms with van der Waals surface area (Å²) < 4.78 is 50.4. The third-order valence-corrected chi connectivity index (χ3v) is 6.68. The van der Waals surface area contributed by atoms with Gasteiger partial charge in [0.2, 0.25) is 5.88 Å². The van der Waals surface area contributed by atoms with Crippen LogP contribution in [0.1, 0.15) is 22.5 Å². The molecule has 5 aromatic rings. The molecule has 0 aliphatic heterocycles. The zero-order chi connectivity index (χ0) is 25.8. The van der Waals surface area contributed by atoms with Crippen molar-refractivity contribution in [2.24, 2.45) is 0 Å². The highest BCUT2D eigenvalue weighted by molar-refractivity contribution is 7.92. The number of rotatable bonds is 7. The second-order valence-electron chi connectivity index (χ2n) is 7.77. The Morgan fingerprint density at radius 1 is 0.973 bits per heavy atom. The van der Waals surface area contributed by atoms with E-state index in [1.807, 2.05) is 30.3 Å². The Labute approximate surface area is 212 Å². The standard InChI is InChI=1S/C26H20N4O6S/c1-33-21-11-10-18(9-8-17-6-4-3-5-7-17)12-23(21)37(31,32)30-25-24-22(36-29-25)14-19(28-26(24)34-2)13-20-15-35-16-27-20/h3-7,10-12,14-16H,13H2,1-2H3,(H,29,30). The van der Waals surface area contributed by atoms with Gasteiger partial charge in [0.25, 0.3) is 10.0 Å². The summed E-state index contributed by atoms with van der Waals surface area (Å²) in [7, 11) is -1.36. The Hall–Kier alpha value is -4.82. The van der Waals surface area contributed by atoms with Crippen LogP contribution in [-0.2, 0) is 16.4 Å². The van der Waals surface area contributed by atoms with Gasteiger partial charge >= 0.3 is 0 Å². The van der Waals surface area contributed by atoms with E-state index in [4.69, 9.17) is 18.4 Å². The lowest BCUT2D eigenvalue weighted by molar-refractivity contribution is 0.401. The van der Waals surface area contributed by atoms with Gasteiger partial charge in [-0.1, -0.05) is 35.2 Å². The van der Waals surface area contributed by atoms with Gasteiger partial charge in [0.05, 0.1) is 25.6 Å². The molecule has 2 aromatic carbocycles. The molecular weight excluding hydrogens is 496 g/mol. The molecule has 0 unspecified atom stereocenters. The van der Waals surface area contributed by atoms with Gasteiger partial charge < -0.3 is 18.4 Å². The third kappa shape index (κ3) is 5.10. The van der Waals surface area contributed by atoms with E-state index in [9.17, 15) is 8.42 Å². The maximum absolute atomic E-state index is 13.4. The summed E-state index contributed by atoms with van der Waals surface area (Å²) in [6.07, 6.45) is 3.19. The zero-order valence-corrected chi connectivity index (χ0v) is 20.6. The van der Waals surface area contributed by atoms with Crippen molar-refractivity contribution in [3.05, 3.63) is 89.8 Å². The Kier molecular flexibility index (Phi) is 6.49. The molecule has 0 spiro atoms. The number of aromatic nitrogens is 3. The second kappa shape index (κ2) is 10.0. The van der Waals surface area contributed by atoms with Crippen LogP contribution in [0, 0.1) is 11.8 Å². The highest BCUT2D eigenvalue weighted by Crippen LogP contribution is 2.34. The molecule has 3 heterocycles. The highest BCUT2D eigenvalue weighted by Gasteiger charge is 2.25. The largest absolute Gasteiger partial charge is 0.495 e. The van der Waals surface area contributed by atoms with Crippen molar-refractivity contribution in [1.82, 2.24) is 15.1 Å². The molecule has 0 aliphatic carbocycles. The maximum Gasteiger partial charge on any atom is 0.266 e. The van der Waals surface area contributed by atoms with Crippen LogP contribution < -0.4 is 14.2 Å². The summed E-state index contributed by atoms with van der Waals surface area (Å²) in [4.78, 5) is 8.42. The van der Waals surface area contributed by atoms with Crippen LogP contribution in [0.5, 0.6) is 11.6 Å². The van der Waals surface area contributed by atoms with Crippen LogP contribution in [0.25, 0.3) is 11.0 Å². The number of hydrogen-bond donors (Lipinski definition) is 1. The monoisotopic (exact) mass is 516 g/mol. The van der Waals surface area contributed by atoms with E-state index in [1.54, 1.807) is 18.2 Å². The lowest BCUT2D eigenvalue weighted by atomic mass is 10.2. The molecule has 0 bridgehead atoms. The second-order valence-corrected chi connectivity index (χ2v) is 9.42. The molecule has 10 nitrogen and oxygen atoms in total. The summed E-state index contributed by atoms with van der Waals surface area (Å²) in [6, 6.07) is 15.7. The van der Waals surface area contributed by atoms with Crippen LogP contribution in [0.3, 0.4) is 0 Å². The number of benzene rings is 2. The fourth-order valence-corrected chi connectivity index (χ4v) is 4.81. The maximum atomic E-state index is 13.4. The molecule has 0 atom stereocenters. The average molecular weight is 517 g/mol. The van der Waals surface area contributed by atoms with Crippen LogP contribution in [0.4, 0.5) is 5.82 Å². The highest BCUT2D eigenvalue weighted by atomic mass is 32.2. The quantitative estimate of drug-likeness (QED) is 0.319. The number of oxazole rings is 1. The predicted octanol–water partition coefficient (Wildman–Crippen LogP) is 4.02. The van der Waals surface area contributed by atoms with Gasteiger partial charge in [0, 0.05) is 23.6 Å². The summed E-state index contributed by atoms with van der Waals surface area (Å²) in [5.41, 5.74) is 2.83. The first-order chi connectivity index (χ1) is 18.0. The zero-order valence-electron chi connectivity index (χ0n) is 19.8. The first kappa shape index (κ1) is 23.9. The van der Waals surface area contributed by atoms with Crippen LogP contribution in [0.2, 0.25) is 0 Å². The van der Waals surface area contributed by atoms with Crippen molar-refractivity contribution in [1.29, 1.82) is 0 Å². The minimum atomic E-state index is -4.17. The van der Waals surface area contributed by atoms with E-state index in [0.717, 1.165) is 5.56 Å². The van der Waals surface area contributed by atoms with E-state index in [-0.39, 0.29) is 33.3 Å². The molecule has 37 heavy (non-hydrogen) atoms. The summed E-state index contributed by atoms with van der Waals surface area (Å²) in [5, 5.41) is 4.19. The number of sulfonamides is 1. The smallest absolute Gasteiger partial charge is 0.266 e. The summed E-state index contributed by atoms with van der Waals surface area (Å²) in [6.45, 7) is 0. The molecule has 186 valence electrons. The van der Waals surface area contributed by atoms with Gasteiger partial charge in [0.15, 0.2) is 17.8 Å². The minimum absolute atomic E-state index is 0.0739. The summed E-state index contributed by atoms with van der Waals surface area (Å²) in [5.74, 6) is 6.21. The molecule has 0 saturated heterocycles. The van der Waals surface area contributed by atoms with Gasteiger partial charge in [-0.15, -0.1) is 0 Å². The van der Waals surface area contributed by atoms with E-state index in [1.165, 1.54) is 32.9 Å². The first-order valence-electron chi connectivity index (χ1n) is 10.9. The van der Waals surface area contributed by atoms with E-state index in [2.05, 4.69) is 31.7 Å². The van der Waals surface area contributed by atoms with Gasteiger partial charge in [-0.2, -0.15) is 0 Å². The van der Waals surface area contributed by atoms with Gasteiger partial charge in [0.1, 0.15) is 22.3 Å². The number of methoxy groups -OCH3 is 2. The Morgan fingerprint density at radius 2 is 1.78 bits per heavy atom. The SMILES string of the molecule is COc1ccc(C#Cc2ccccc2)cc1S(=O)(=O)Nc1noc2cc(Cc3cocn3)nc(OC)c12. The van der Waals surface area contributed by atoms with Crippen molar-refractivity contribution >= 4 is 26.8 Å². The first-order valence-corrected chi connectivity index (χ1v) is 12.4. The van der Waals surface area contributed by atoms with E-state index < -0.39 is 10.0 Å². The van der Waals surface area contributed by atoms with Crippen molar-refractivity contribution in [2.75, 3.05) is 18.9 Å². The van der Waals surface area contributed by atoms with E-state index >= 15 is 0 Å². The van der Waals surface area contributed by atoms with E-state index in [0.29, 0.717) is 23.4 Å². The topological polar surface area (TPSA) is 130 Å². The van der Waals surface area contributed by atoms with Crippen molar-refractivity contribution < 1.29 is 26.8 Å². The molecule has 0 fully saturated rings. The number of fused-ring (bicyclic) bond motifs is 1. The number of nitrogens with zero attached hydrogens (tertiary/aromatic N) is 3. The summed E-state index contributed by atoms with van der Waals surface area (Å²) >= 11 is 0. The fraction of sp³-hybridized carbons (Fsp3) is 0.115. The van der Waals surface area contributed by atoms with Crippen molar-refractivity contribution in [2.45, 2.75) is 11.3 Å². The molecule has 1 N–H and O–H groups in total. The number of pyridine rings is 1. The Morgan fingerprint density at radius 3 is 2.51 bits per heavy atom. The Bertz CT molecular complexity index is 1720.